The van der Waals surface area contributed by atoms with Gasteiger partial charge in [0.2, 0.25) is 0 Å². The molecule has 2 nitrogen and oxygen atoms in total. The van der Waals surface area contributed by atoms with Gasteiger partial charge in [-0.15, -0.1) is 0 Å². The van der Waals surface area contributed by atoms with Gasteiger partial charge in [-0.2, -0.15) is 0 Å². The number of hydrogen-bond donors (Lipinski definition) is 1. The Kier molecular flexibility index (Phi) is 2.56. The summed E-state index contributed by atoms with van der Waals surface area (Å²) in [6, 6.07) is 6.15. The zero-order valence-electron chi connectivity index (χ0n) is 7.62. The lowest BCUT2D eigenvalue weighted by atomic mass is 10.2. The van der Waals surface area contributed by atoms with Crippen molar-refractivity contribution in [2.75, 3.05) is 0 Å². The van der Waals surface area contributed by atoms with Gasteiger partial charge in [-0.05, 0) is 42.9 Å². The normalized spacial score (nSPS) is 10.4. The van der Waals surface area contributed by atoms with Crippen LogP contribution < -0.4 is 0 Å². The van der Waals surface area contributed by atoms with E-state index in [0.717, 1.165) is 10.2 Å². The predicted molar refractivity (Wildman–Crippen MR) is 63.4 cm³/mol. The second-order valence-corrected chi connectivity index (χ2v) is 4.31. The molecule has 0 bridgehead atoms. The number of imidazole rings is 1. The Bertz CT molecular complexity index is 513. The van der Waals surface area contributed by atoms with E-state index in [2.05, 4.69) is 33.9 Å². The summed E-state index contributed by atoms with van der Waals surface area (Å²) >= 11 is 8.61. The van der Waals surface area contributed by atoms with E-state index in [4.69, 9.17) is 12.2 Å². The summed E-state index contributed by atoms with van der Waals surface area (Å²) in [5, 5.41) is 0. The Balaban J connectivity index is 2.59. The Morgan fingerprint density at radius 1 is 1.43 bits per heavy atom. The van der Waals surface area contributed by atoms with E-state index >= 15 is 0 Å². The Labute approximate surface area is 95.7 Å². The zero-order valence-corrected chi connectivity index (χ0v) is 10.0. The SMILES string of the molecule is Cc1cc(-n2cc[nH]c2=S)ccc1Br. The standard InChI is InChI=1S/C10H9BrN2S/c1-7-6-8(2-3-9(7)11)13-5-4-12-10(13)14/h2-6H,1H3,(H,12,14). The fraction of sp³-hybridized carbons (Fsp3) is 0.100. The Hall–Kier alpha value is -0.870. The van der Waals surface area contributed by atoms with Crippen LogP contribution in [0.5, 0.6) is 0 Å². The largest absolute Gasteiger partial charge is 0.337 e. The summed E-state index contributed by atoms with van der Waals surface area (Å²) in [7, 11) is 0. The molecule has 0 aliphatic carbocycles. The first-order valence-electron chi connectivity index (χ1n) is 4.21. The number of nitrogens with one attached hydrogen (secondary N) is 1. The monoisotopic (exact) mass is 268 g/mol. The molecule has 1 heterocycles. The molecule has 1 aromatic heterocycles. The number of rotatable bonds is 1. The number of benzene rings is 1. The average molecular weight is 269 g/mol. The van der Waals surface area contributed by atoms with E-state index in [1.165, 1.54) is 5.56 Å². The second-order valence-electron chi connectivity index (χ2n) is 3.07. The van der Waals surface area contributed by atoms with Crippen molar-refractivity contribution in [3.8, 4) is 5.69 Å². The molecule has 4 heteroatoms. The maximum absolute atomic E-state index is 5.14. The molecule has 0 atom stereocenters. The average Bonchev–Trinajstić information content (AvgIpc) is 2.57. The van der Waals surface area contributed by atoms with E-state index in [9.17, 15) is 0 Å². The van der Waals surface area contributed by atoms with Crippen LogP contribution in [0, 0.1) is 11.7 Å². The van der Waals surface area contributed by atoms with Crippen LogP contribution in [-0.4, -0.2) is 9.55 Å². The smallest absolute Gasteiger partial charge is 0.181 e. The minimum absolute atomic E-state index is 0.715. The highest BCUT2D eigenvalue weighted by atomic mass is 79.9. The molecular formula is C10H9BrN2S. The van der Waals surface area contributed by atoms with Crippen LogP contribution in [0.2, 0.25) is 0 Å². The predicted octanol–water partition coefficient (Wildman–Crippen LogP) is 3.61. The van der Waals surface area contributed by atoms with Crippen molar-refractivity contribution < 1.29 is 0 Å². The third-order valence-corrected chi connectivity index (χ3v) is 3.27. The Morgan fingerprint density at radius 2 is 2.21 bits per heavy atom. The molecule has 0 amide bonds. The van der Waals surface area contributed by atoms with E-state index in [0.29, 0.717) is 4.77 Å². The molecule has 1 aromatic carbocycles. The first-order valence-corrected chi connectivity index (χ1v) is 5.41. The highest BCUT2D eigenvalue weighted by Gasteiger charge is 1.99. The number of halogens is 1. The zero-order chi connectivity index (χ0) is 10.1. The van der Waals surface area contributed by atoms with Crippen LogP contribution in [0.15, 0.2) is 35.1 Å². The molecule has 0 fully saturated rings. The lowest BCUT2D eigenvalue weighted by molar-refractivity contribution is 1.03. The van der Waals surface area contributed by atoms with Gasteiger partial charge < -0.3 is 4.98 Å². The lowest BCUT2D eigenvalue weighted by Gasteiger charge is -2.04. The molecule has 1 N–H and O–H groups in total. The van der Waals surface area contributed by atoms with Gasteiger partial charge in [-0.25, -0.2) is 0 Å². The topological polar surface area (TPSA) is 20.7 Å². The van der Waals surface area contributed by atoms with Crippen LogP contribution in [-0.2, 0) is 0 Å². The molecular weight excluding hydrogens is 260 g/mol. The van der Waals surface area contributed by atoms with E-state index in [1.807, 2.05) is 29.1 Å². The minimum Gasteiger partial charge on any atom is -0.337 e. The van der Waals surface area contributed by atoms with Gasteiger partial charge in [0, 0.05) is 22.6 Å². The summed E-state index contributed by atoms with van der Waals surface area (Å²) in [5.41, 5.74) is 2.28. The highest BCUT2D eigenvalue weighted by Crippen LogP contribution is 2.19. The number of aryl methyl sites for hydroxylation is 1. The van der Waals surface area contributed by atoms with Crippen molar-refractivity contribution in [1.29, 1.82) is 0 Å². The first kappa shape index (κ1) is 9.68. The molecule has 0 aliphatic heterocycles. The molecule has 0 aliphatic rings. The van der Waals surface area contributed by atoms with Crippen molar-refractivity contribution in [3.05, 3.63) is 45.4 Å². The second kappa shape index (κ2) is 3.71. The number of hydrogen-bond acceptors (Lipinski definition) is 1. The van der Waals surface area contributed by atoms with E-state index < -0.39 is 0 Å². The maximum atomic E-state index is 5.14. The first-order chi connectivity index (χ1) is 6.68. The van der Waals surface area contributed by atoms with Gasteiger partial charge in [-0.3, -0.25) is 4.57 Å². The van der Waals surface area contributed by atoms with E-state index in [-0.39, 0.29) is 0 Å². The minimum atomic E-state index is 0.715. The van der Waals surface area contributed by atoms with Crippen molar-refractivity contribution >= 4 is 28.1 Å². The molecule has 0 radical (unpaired) electrons. The summed E-state index contributed by atoms with van der Waals surface area (Å²) < 4.78 is 3.77. The van der Waals surface area contributed by atoms with Crippen LogP contribution >= 0.6 is 28.1 Å². The third-order valence-electron chi connectivity index (χ3n) is 2.07. The molecule has 0 saturated carbocycles. The maximum Gasteiger partial charge on any atom is 0.181 e. The van der Waals surface area contributed by atoms with Crippen molar-refractivity contribution in [3.63, 3.8) is 0 Å². The molecule has 0 spiro atoms. The van der Waals surface area contributed by atoms with Crippen molar-refractivity contribution in [2.45, 2.75) is 6.92 Å². The molecule has 14 heavy (non-hydrogen) atoms. The molecule has 2 aromatic rings. The summed E-state index contributed by atoms with van der Waals surface area (Å²) in [6.07, 6.45) is 3.75. The third kappa shape index (κ3) is 1.67. The summed E-state index contributed by atoms with van der Waals surface area (Å²) in [4.78, 5) is 2.97. The van der Waals surface area contributed by atoms with Gasteiger partial charge in [0.25, 0.3) is 0 Å². The number of aromatic nitrogens is 2. The van der Waals surface area contributed by atoms with Crippen LogP contribution in [0.25, 0.3) is 5.69 Å². The Morgan fingerprint density at radius 3 is 2.79 bits per heavy atom. The van der Waals surface area contributed by atoms with Crippen LogP contribution in [0.1, 0.15) is 5.56 Å². The number of aromatic amines is 1. The van der Waals surface area contributed by atoms with Gasteiger partial charge in [0.15, 0.2) is 4.77 Å². The fourth-order valence-electron chi connectivity index (χ4n) is 1.30. The number of H-pyrrole nitrogens is 1. The van der Waals surface area contributed by atoms with Gasteiger partial charge >= 0.3 is 0 Å². The van der Waals surface area contributed by atoms with Gasteiger partial charge in [0.05, 0.1) is 0 Å². The summed E-state index contributed by atoms with van der Waals surface area (Å²) in [6.45, 7) is 2.06. The van der Waals surface area contributed by atoms with Crippen molar-refractivity contribution in [1.82, 2.24) is 9.55 Å². The van der Waals surface area contributed by atoms with Gasteiger partial charge in [0.1, 0.15) is 0 Å². The molecule has 72 valence electrons. The summed E-state index contributed by atoms with van der Waals surface area (Å²) in [5.74, 6) is 0. The molecule has 0 unspecified atom stereocenters. The molecule has 0 saturated heterocycles. The fourth-order valence-corrected chi connectivity index (χ4v) is 1.78. The van der Waals surface area contributed by atoms with Crippen LogP contribution in [0.3, 0.4) is 0 Å². The van der Waals surface area contributed by atoms with E-state index in [1.54, 1.807) is 0 Å². The highest BCUT2D eigenvalue weighted by molar-refractivity contribution is 9.10. The van der Waals surface area contributed by atoms with Crippen molar-refractivity contribution in [2.24, 2.45) is 0 Å². The lowest BCUT2D eigenvalue weighted by Crippen LogP contribution is -1.92. The van der Waals surface area contributed by atoms with Gasteiger partial charge in [-0.1, -0.05) is 15.9 Å². The van der Waals surface area contributed by atoms with Crippen LogP contribution in [0.4, 0.5) is 0 Å². The molecule has 2 rings (SSSR count). The number of nitrogens with zero attached hydrogens (tertiary/aromatic N) is 1. The quantitative estimate of drug-likeness (QED) is 0.784.